The first-order valence-corrected chi connectivity index (χ1v) is 14.5. The molecule has 2 amide bonds. The minimum atomic E-state index is -1.08. The Hall–Kier alpha value is -3.33. The summed E-state index contributed by atoms with van der Waals surface area (Å²) in [7, 11) is 1.57. The lowest BCUT2D eigenvalue weighted by Gasteiger charge is -2.11. The van der Waals surface area contributed by atoms with Crippen LogP contribution in [0.4, 0.5) is 16.2 Å². The number of fused-ring (bicyclic) bond motifs is 1. The Morgan fingerprint density at radius 1 is 0.950 bits per heavy atom. The van der Waals surface area contributed by atoms with E-state index < -0.39 is 18.6 Å². The molecule has 3 aromatic carbocycles. The van der Waals surface area contributed by atoms with Gasteiger partial charge in [-0.3, -0.25) is 4.79 Å². The highest BCUT2D eigenvalue weighted by Gasteiger charge is 2.24. The number of anilines is 2. The van der Waals surface area contributed by atoms with E-state index in [1.54, 1.807) is 61.7 Å². The summed E-state index contributed by atoms with van der Waals surface area (Å²) in [6.07, 6.45) is 2.35. The second-order valence-electron chi connectivity index (χ2n) is 8.80. The topological polar surface area (TPSA) is 127 Å². The normalized spacial score (nSPS) is 10.8. The van der Waals surface area contributed by atoms with Crippen LogP contribution in [0.3, 0.4) is 0 Å². The third-order valence-electron chi connectivity index (χ3n) is 5.95. The molecule has 1 heterocycles. The van der Waals surface area contributed by atoms with E-state index >= 15 is 0 Å². The summed E-state index contributed by atoms with van der Waals surface area (Å²) in [6, 6.07) is 15.1. The van der Waals surface area contributed by atoms with Crippen LogP contribution < -0.4 is 20.1 Å². The number of nitrogens with one attached hydrogen (secondary N) is 2. The molecule has 0 spiro atoms. The summed E-state index contributed by atoms with van der Waals surface area (Å²) in [5.74, 6) is 0.361. The highest BCUT2D eigenvalue weighted by atomic mass is 127. The van der Waals surface area contributed by atoms with Gasteiger partial charge in [-0.1, -0.05) is 13.3 Å². The molecule has 9 nitrogen and oxygen atoms in total. The van der Waals surface area contributed by atoms with Crippen molar-refractivity contribution in [1.29, 1.82) is 0 Å². The number of methoxy groups -OCH3 is 1. The number of halogens is 2. The SMILES string of the molecule is CCCCc1oc2ccc(NC(=O)Nc3ccc(OC)cc3)cc2c1C(=O)c1cc(I)c(OCC(=O)O)c(I)c1. The lowest BCUT2D eigenvalue weighted by Crippen LogP contribution is -2.19. The molecule has 0 bridgehead atoms. The number of carbonyl (C=O) groups excluding carboxylic acids is 2. The summed E-state index contributed by atoms with van der Waals surface area (Å²) < 4.78 is 17.9. The molecule has 0 radical (unpaired) electrons. The number of carboxylic acids is 1. The van der Waals surface area contributed by atoms with Gasteiger partial charge in [0.1, 0.15) is 22.8 Å². The molecular weight excluding hydrogens is 742 g/mol. The van der Waals surface area contributed by atoms with E-state index in [4.69, 9.17) is 19.0 Å². The number of hydrogen-bond donors (Lipinski definition) is 3. The fourth-order valence-corrected chi connectivity index (χ4v) is 6.14. The second-order valence-corrected chi connectivity index (χ2v) is 11.1. The first-order valence-electron chi connectivity index (χ1n) is 12.4. The maximum atomic E-state index is 13.9. The zero-order valence-electron chi connectivity index (χ0n) is 21.7. The number of unbranched alkanes of at least 4 members (excludes halogenated alkanes) is 1. The van der Waals surface area contributed by atoms with Gasteiger partial charge in [0.2, 0.25) is 0 Å². The van der Waals surface area contributed by atoms with Crippen molar-refractivity contribution in [2.45, 2.75) is 26.2 Å². The van der Waals surface area contributed by atoms with E-state index in [2.05, 4.69) is 17.6 Å². The zero-order chi connectivity index (χ0) is 28.8. The Kier molecular flexibility index (Phi) is 9.90. The van der Waals surface area contributed by atoms with Gasteiger partial charge in [-0.2, -0.15) is 0 Å². The number of urea groups is 1. The molecule has 0 saturated heterocycles. The number of aliphatic carboxylic acids is 1. The van der Waals surface area contributed by atoms with Crippen molar-refractivity contribution >= 4 is 85.3 Å². The van der Waals surface area contributed by atoms with Crippen LogP contribution in [0.25, 0.3) is 11.0 Å². The molecule has 11 heteroatoms. The lowest BCUT2D eigenvalue weighted by atomic mass is 9.98. The number of benzene rings is 3. The van der Waals surface area contributed by atoms with E-state index in [9.17, 15) is 14.4 Å². The maximum absolute atomic E-state index is 13.9. The van der Waals surface area contributed by atoms with Gasteiger partial charge in [-0.15, -0.1) is 0 Å². The number of ketones is 1. The number of aryl methyl sites for hydroxylation is 1. The Labute approximate surface area is 257 Å². The summed E-state index contributed by atoms with van der Waals surface area (Å²) in [5, 5.41) is 15.2. The van der Waals surface area contributed by atoms with Crippen LogP contribution in [0.2, 0.25) is 0 Å². The number of carbonyl (C=O) groups is 3. The van der Waals surface area contributed by atoms with Crippen LogP contribution in [0.15, 0.2) is 59.0 Å². The van der Waals surface area contributed by atoms with Gasteiger partial charge in [0, 0.05) is 28.7 Å². The molecule has 208 valence electrons. The third kappa shape index (κ3) is 7.05. The zero-order valence-corrected chi connectivity index (χ0v) is 26.0. The minimum Gasteiger partial charge on any atom is -0.497 e. The summed E-state index contributed by atoms with van der Waals surface area (Å²) in [5.41, 5.74) is 2.50. The smallest absolute Gasteiger partial charge is 0.341 e. The van der Waals surface area contributed by atoms with Crippen molar-refractivity contribution in [1.82, 2.24) is 0 Å². The summed E-state index contributed by atoms with van der Waals surface area (Å²) in [4.78, 5) is 37.5. The van der Waals surface area contributed by atoms with Gasteiger partial charge in [0.25, 0.3) is 0 Å². The Morgan fingerprint density at radius 2 is 1.60 bits per heavy atom. The van der Waals surface area contributed by atoms with Crippen LogP contribution in [0, 0.1) is 7.14 Å². The molecule has 0 aliphatic heterocycles. The summed E-state index contributed by atoms with van der Waals surface area (Å²) in [6.45, 7) is 1.59. The standard InChI is InChI=1S/C29H26I2N2O7/c1-3-4-5-24-26(27(36)16-12-21(30)28(22(31)13-16)39-15-25(34)35)20-14-18(8-11-23(20)40-24)33-29(37)32-17-6-9-19(38-2)10-7-17/h6-14H,3-5,15H2,1-2H3,(H,34,35)(H2,32,33,37). The highest BCUT2D eigenvalue weighted by molar-refractivity contribution is 14.1. The molecule has 0 aliphatic carbocycles. The fraction of sp³-hybridized carbons (Fsp3) is 0.207. The molecule has 0 aliphatic rings. The number of hydrogen-bond acceptors (Lipinski definition) is 6. The first kappa shape index (κ1) is 29.6. The highest BCUT2D eigenvalue weighted by Crippen LogP contribution is 2.34. The molecule has 4 aromatic rings. The van der Waals surface area contributed by atoms with Crippen LogP contribution in [0.5, 0.6) is 11.5 Å². The van der Waals surface area contributed by atoms with Crippen molar-refractivity contribution in [2.24, 2.45) is 0 Å². The number of amides is 2. The monoisotopic (exact) mass is 768 g/mol. The third-order valence-corrected chi connectivity index (χ3v) is 7.55. The molecule has 40 heavy (non-hydrogen) atoms. The molecule has 0 saturated carbocycles. The molecular formula is C29H26I2N2O7. The van der Waals surface area contributed by atoms with E-state index in [-0.39, 0.29) is 5.78 Å². The number of rotatable bonds is 11. The number of ether oxygens (including phenoxy) is 2. The Bertz CT molecular complexity index is 1540. The fourth-order valence-electron chi connectivity index (χ4n) is 4.06. The second kappa shape index (κ2) is 13.4. The van der Waals surface area contributed by atoms with Gasteiger partial charge in [-0.05, 0) is 106 Å². The van der Waals surface area contributed by atoms with Gasteiger partial charge in [0.05, 0.1) is 19.8 Å². The summed E-state index contributed by atoms with van der Waals surface area (Å²) >= 11 is 4.06. The average molecular weight is 768 g/mol. The average Bonchev–Trinajstić information content (AvgIpc) is 3.28. The predicted molar refractivity (Wildman–Crippen MR) is 169 cm³/mol. The van der Waals surface area contributed by atoms with Crippen molar-refractivity contribution in [3.8, 4) is 11.5 Å². The maximum Gasteiger partial charge on any atom is 0.341 e. The first-order chi connectivity index (χ1) is 19.2. The minimum absolute atomic E-state index is 0.231. The van der Waals surface area contributed by atoms with Crippen molar-refractivity contribution in [3.63, 3.8) is 0 Å². The van der Waals surface area contributed by atoms with Gasteiger partial charge >= 0.3 is 12.0 Å². The van der Waals surface area contributed by atoms with Crippen molar-refractivity contribution in [2.75, 3.05) is 24.4 Å². The van der Waals surface area contributed by atoms with Crippen LogP contribution in [-0.2, 0) is 11.2 Å². The van der Waals surface area contributed by atoms with Crippen LogP contribution in [-0.4, -0.2) is 36.6 Å². The molecule has 0 fully saturated rings. The molecule has 0 unspecified atom stereocenters. The van der Waals surface area contributed by atoms with Crippen molar-refractivity contribution in [3.05, 3.63) is 78.6 Å². The van der Waals surface area contributed by atoms with Crippen LogP contribution in [0.1, 0.15) is 41.4 Å². The van der Waals surface area contributed by atoms with Gasteiger partial charge in [0.15, 0.2) is 12.4 Å². The van der Waals surface area contributed by atoms with Crippen molar-refractivity contribution < 1.29 is 33.4 Å². The van der Waals surface area contributed by atoms with Crippen LogP contribution >= 0.6 is 45.2 Å². The molecule has 4 rings (SSSR count). The predicted octanol–water partition coefficient (Wildman–Crippen LogP) is 7.33. The van der Waals surface area contributed by atoms with Gasteiger partial charge in [-0.25, -0.2) is 9.59 Å². The van der Waals surface area contributed by atoms with Gasteiger partial charge < -0.3 is 29.6 Å². The van der Waals surface area contributed by atoms with E-state index in [0.717, 1.165) is 12.8 Å². The lowest BCUT2D eigenvalue weighted by molar-refractivity contribution is -0.139. The Morgan fingerprint density at radius 3 is 2.23 bits per heavy atom. The largest absolute Gasteiger partial charge is 0.497 e. The number of furan rings is 1. The Balaban J connectivity index is 1.65. The van der Waals surface area contributed by atoms with E-state index in [1.165, 1.54) is 0 Å². The quantitative estimate of drug-likeness (QED) is 0.108. The number of carboxylic acid groups (broad SMARTS) is 1. The molecule has 3 N–H and O–H groups in total. The van der Waals surface area contributed by atoms with E-state index in [0.29, 0.717) is 64.3 Å². The molecule has 0 atom stereocenters. The van der Waals surface area contributed by atoms with E-state index in [1.807, 2.05) is 45.2 Å². The molecule has 1 aromatic heterocycles.